The Morgan fingerprint density at radius 2 is 2.11 bits per heavy atom. The number of amides is 1. The molecule has 1 aromatic rings. The number of nitrogens with one attached hydrogen (secondary N) is 1. The summed E-state index contributed by atoms with van der Waals surface area (Å²) in [7, 11) is 1.57. The van der Waals surface area contributed by atoms with Crippen molar-refractivity contribution in [2.75, 3.05) is 7.11 Å². The average molecular weight is 278 g/mol. The number of rotatable bonds is 2. The van der Waals surface area contributed by atoms with Crippen LogP contribution in [-0.4, -0.2) is 29.3 Å². The summed E-state index contributed by atoms with van der Waals surface area (Å²) >= 11 is 0.933. The lowest BCUT2D eigenvalue weighted by atomic mass is 10.2. The molecule has 0 spiro atoms. The molecule has 1 amide bonds. The van der Waals surface area contributed by atoms with E-state index in [9.17, 15) is 9.59 Å². The second-order valence-corrected chi connectivity index (χ2v) is 5.12. The molecule has 0 saturated heterocycles. The minimum atomic E-state index is -0.157. The lowest BCUT2D eigenvalue weighted by molar-refractivity contribution is -0.120. The minimum Gasteiger partial charge on any atom is -0.497 e. The third kappa shape index (κ3) is 3.57. The predicted octanol–water partition coefficient (Wildman–Crippen LogP) is 1.83. The Bertz CT molecular complexity index is 525. The number of amidine groups is 1. The van der Waals surface area contributed by atoms with Gasteiger partial charge in [0.15, 0.2) is 5.17 Å². The van der Waals surface area contributed by atoms with Crippen LogP contribution in [0.15, 0.2) is 29.3 Å². The smallest absolute Gasteiger partial charge is 0.228 e. The van der Waals surface area contributed by atoms with Crippen LogP contribution < -0.4 is 10.1 Å². The van der Waals surface area contributed by atoms with Gasteiger partial charge in [0, 0.05) is 12.0 Å². The summed E-state index contributed by atoms with van der Waals surface area (Å²) in [4.78, 5) is 27.6. The first-order valence-electron chi connectivity index (χ1n) is 5.82. The Morgan fingerprint density at radius 3 is 2.68 bits per heavy atom. The average Bonchev–Trinajstić information content (AvgIpc) is 2.37. The number of carbonyl (C=O) groups is 2. The number of methoxy groups -OCH3 is 1. The quantitative estimate of drug-likeness (QED) is 0.896. The van der Waals surface area contributed by atoms with E-state index in [-0.39, 0.29) is 17.1 Å². The summed E-state index contributed by atoms with van der Waals surface area (Å²) in [5.41, 5.74) is 0.543. The molecule has 1 unspecified atom stereocenters. The molecule has 0 fully saturated rings. The Balaban J connectivity index is 2.06. The van der Waals surface area contributed by atoms with Crippen LogP contribution in [0.25, 0.3) is 0 Å². The fourth-order valence-corrected chi connectivity index (χ4v) is 2.47. The Labute approximate surface area is 115 Å². The molecule has 19 heavy (non-hydrogen) atoms. The van der Waals surface area contributed by atoms with Crippen molar-refractivity contribution in [1.82, 2.24) is 5.32 Å². The minimum absolute atomic E-state index is 0.0834. The maximum absolute atomic E-state index is 12.0. The molecule has 1 atom stereocenters. The molecule has 0 saturated carbocycles. The highest BCUT2D eigenvalue weighted by atomic mass is 32.2. The topological polar surface area (TPSA) is 67.8 Å². The molecule has 0 aliphatic carbocycles. The van der Waals surface area contributed by atoms with E-state index in [1.54, 1.807) is 31.4 Å². The maximum Gasteiger partial charge on any atom is 0.228 e. The number of nitrogens with zero attached hydrogens (tertiary/aromatic N) is 1. The van der Waals surface area contributed by atoms with Crippen molar-refractivity contribution in [3.05, 3.63) is 29.8 Å². The first-order chi connectivity index (χ1) is 9.08. The van der Waals surface area contributed by atoms with Crippen molar-refractivity contribution in [1.29, 1.82) is 0 Å². The molecule has 1 aromatic carbocycles. The second-order valence-electron chi connectivity index (χ2n) is 4.15. The van der Waals surface area contributed by atoms with Crippen molar-refractivity contribution < 1.29 is 14.3 Å². The summed E-state index contributed by atoms with van der Waals surface area (Å²) in [6, 6.07) is 6.72. The van der Waals surface area contributed by atoms with E-state index >= 15 is 0 Å². The zero-order valence-electron chi connectivity index (χ0n) is 10.7. The summed E-state index contributed by atoms with van der Waals surface area (Å²) < 4.78 is 5.03. The lowest BCUT2D eigenvalue weighted by Gasteiger charge is -2.16. The summed E-state index contributed by atoms with van der Waals surface area (Å²) in [5.74, 6) is 0.589. The second kappa shape index (κ2) is 5.88. The first kappa shape index (κ1) is 13.6. The maximum atomic E-state index is 12.0. The van der Waals surface area contributed by atoms with Crippen molar-refractivity contribution in [2.24, 2.45) is 4.99 Å². The summed E-state index contributed by atoms with van der Waals surface area (Å²) in [5, 5.41) is 2.81. The lowest BCUT2D eigenvalue weighted by Crippen LogP contribution is -2.36. The van der Waals surface area contributed by atoms with Crippen LogP contribution in [0.5, 0.6) is 5.75 Å². The molecule has 1 N–H and O–H groups in total. The predicted molar refractivity (Wildman–Crippen MR) is 74.6 cm³/mol. The van der Waals surface area contributed by atoms with Gasteiger partial charge in [-0.1, -0.05) is 0 Å². The molecular formula is C13H14N2O3S. The number of hydrogen-bond donors (Lipinski definition) is 1. The van der Waals surface area contributed by atoms with E-state index in [0.717, 1.165) is 11.8 Å². The van der Waals surface area contributed by atoms with Gasteiger partial charge >= 0.3 is 0 Å². The van der Waals surface area contributed by atoms with Crippen LogP contribution in [-0.2, 0) is 4.79 Å². The van der Waals surface area contributed by atoms with E-state index in [4.69, 9.17) is 4.74 Å². The Morgan fingerprint density at radius 1 is 1.42 bits per heavy atom. The van der Waals surface area contributed by atoms with Gasteiger partial charge < -0.3 is 10.1 Å². The SMILES string of the molecule is COc1ccc(C(=O)SC2=NC(C)CC(=O)N2)cc1. The number of aliphatic imine (C=N–C) groups is 1. The van der Waals surface area contributed by atoms with Crippen LogP contribution >= 0.6 is 11.8 Å². The number of benzene rings is 1. The number of ether oxygens (including phenoxy) is 1. The highest BCUT2D eigenvalue weighted by Gasteiger charge is 2.20. The van der Waals surface area contributed by atoms with Crippen LogP contribution in [0.2, 0.25) is 0 Å². The molecule has 0 bridgehead atoms. The third-order valence-electron chi connectivity index (χ3n) is 2.58. The van der Waals surface area contributed by atoms with E-state index in [1.807, 2.05) is 6.92 Å². The van der Waals surface area contributed by atoms with E-state index < -0.39 is 0 Å². The Kier molecular flexibility index (Phi) is 4.21. The van der Waals surface area contributed by atoms with Gasteiger partial charge in [0.2, 0.25) is 11.0 Å². The van der Waals surface area contributed by atoms with E-state index in [2.05, 4.69) is 10.3 Å². The van der Waals surface area contributed by atoms with Crippen molar-refractivity contribution >= 4 is 28.0 Å². The van der Waals surface area contributed by atoms with Gasteiger partial charge in [-0.05, 0) is 43.0 Å². The third-order valence-corrected chi connectivity index (χ3v) is 3.40. The van der Waals surface area contributed by atoms with E-state index in [0.29, 0.717) is 22.9 Å². The van der Waals surface area contributed by atoms with Gasteiger partial charge in [0.25, 0.3) is 0 Å². The van der Waals surface area contributed by atoms with Gasteiger partial charge in [-0.2, -0.15) is 0 Å². The molecule has 100 valence electrons. The highest BCUT2D eigenvalue weighted by molar-refractivity contribution is 8.26. The molecule has 6 heteroatoms. The highest BCUT2D eigenvalue weighted by Crippen LogP contribution is 2.19. The zero-order chi connectivity index (χ0) is 13.8. The standard InChI is InChI=1S/C13H14N2O3S/c1-8-7-11(16)15-13(14-8)19-12(17)9-3-5-10(18-2)6-4-9/h3-6,8H,7H2,1-2H3,(H,14,15,16). The number of hydrogen-bond acceptors (Lipinski definition) is 5. The molecular weight excluding hydrogens is 264 g/mol. The van der Waals surface area contributed by atoms with Crippen molar-refractivity contribution in [2.45, 2.75) is 19.4 Å². The fraction of sp³-hybridized carbons (Fsp3) is 0.308. The molecule has 2 rings (SSSR count). The Hall–Kier alpha value is -1.82. The number of thioether (sulfide) groups is 1. The van der Waals surface area contributed by atoms with Gasteiger partial charge in [0.1, 0.15) is 5.75 Å². The molecule has 1 aliphatic rings. The molecule has 5 nitrogen and oxygen atoms in total. The van der Waals surface area contributed by atoms with Crippen LogP contribution in [0, 0.1) is 0 Å². The first-order valence-corrected chi connectivity index (χ1v) is 6.64. The number of carbonyl (C=O) groups excluding carboxylic acids is 2. The van der Waals surface area contributed by atoms with Gasteiger partial charge in [0.05, 0.1) is 13.2 Å². The van der Waals surface area contributed by atoms with Crippen LogP contribution in [0.1, 0.15) is 23.7 Å². The summed E-state index contributed by atoms with van der Waals surface area (Å²) in [6.45, 7) is 1.84. The summed E-state index contributed by atoms with van der Waals surface area (Å²) in [6.07, 6.45) is 0.362. The van der Waals surface area contributed by atoms with Gasteiger partial charge in [-0.25, -0.2) is 0 Å². The fourth-order valence-electron chi connectivity index (χ4n) is 1.64. The molecule has 0 aromatic heterocycles. The zero-order valence-corrected chi connectivity index (χ0v) is 11.5. The van der Waals surface area contributed by atoms with Crippen LogP contribution in [0.3, 0.4) is 0 Å². The molecule has 1 aliphatic heterocycles. The largest absolute Gasteiger partial charge is 0.497 e. The van der Waals surface area contributed by atoms with Crippen molar-refractivity contribution in [3.63, 3.8) is 0 Å². The molecule has 0 radical (unpaired) electrons. The van der Waals surface area contributed by atoms with Crippen LogP contribution in [0.4, 0.5) is 0 Å². The molecule has 1 heterocycles. The normalized spacial score (nSPS) is 18.5. The van der Waals surface area contributed by atoms with Crippen molar-refractivity contribution in [3.8, 4) is 5.75 Å². The monoisotopic (exact) mass is 278 g/mol. The van der Waals surface area contributed by atoms with Gasteiger partial charge in [-0.15, -0.1) is 0 Å². The van der Waals surface area contributed by atoms with Gasteiger partial charge in [-0.3, -0.25) is 14.6 Å². The van der Waals surface area contributed by atoms with E-state index in [1.165, 1.54) is 0 Å².